The SMILES string of the molecule is CC.CC1NCCc2c1sc(N)c2-c1nc2ccccc2s1. The third-order valence-corrected chi connectivity index (χ3v) is 6.09. The van der Waals surface area contributed by atoms with Gasteiger partial charge in [0.05, 0.1) is 15.2 Å². The van der Waals surface area contributed by atoms with Crippen LogP contribution in [0.4, 0.5) is 5.00 Å². The molecule has 0 bridgehead atoms. The summed E-state index contributed by atoms with van der Waals surface area (Å²) in [6.07, 6.45) is 1.04. The summed E-state index contributed by atoms with van der Waals surface area (Å²) < 4.78 is 1.23. The second kappa shape index (κ2) is 6.36. The zero-order valence-corrected chi connectivity index (χ0v) is 14.8. The fourth-order valence-electron chi connectivity index (χ4n) is 2.82. The standard InChI is InChI=1S/C15H15N3S2.C2H6/c1-8-13-9(6-7-17-8)12(14(16)20-13)15-18-10-4-2-3-5-11(10)19-15;1-2/h2-5,8,17H,6-7,16H2,1H3;1-2H3. The molecule has 3 nitrogen and oxygen atoms in total. The van der Waals surface area contributed by atoms with E-state index in [-0.39, 0.29) is 0 Å². The van der Waals surface area contributed by atoms with Gasteiger partial charge in [-0.2, -0.15) is 0 Å². The predicted molar refractivity (Wildman–Crippen MR) is 98.8 cm³/mol. The summed E-state index contributed by atoms with van der Waals surface area (Å²) in [4.78, 5) is 6.15. The van der Waals surface area contributed by atoms with Crippen LogP contribution in [0.1, 0.15) is 37.3 Å². The minimum absolute atomic E-state index is 0.397. The number of nitrogen functional groups attached to an aromatic ring is 1. The van der Waals surface area contributed by atoms with Crippen LogP contribution in [-0.4, -0.2) is 11.5 Å². The number of aromatic nitrogens is 1. The van der Waals surface area contributed by atoms with Crippen LogP contribution in [0.25, 0.3) is 20.8 Å². The van der Waals surface area contributed by atoms with Crippen molar-refractivity contribution in [3.63, 3.8) is 0 Å². The van der Waals surface area contributed by atoms with Crippen LogP contribution >= 0.6 is 22.7 Å². The Balaban J connectivity index is 0.000000693. The van der Waals surface area contributed by atoms with Gasteiger partial charge in [0.15, 0.2) is 0 Å². The molecular formula is C17H21N3S2. The predicted octanol–water partition coefficient (Wildman–Crippen LogP) is 4.84. The molecule has 0 aliphatic carbocycles. The van der Waals surface area contributed by atoms with Gasteiger partial charge in [0.1, 0.15) is 5.01 Å². The Hall–Kier alpha value is -1.43. The monoisotopic (exact) mass is 331 g/mol. The molecule has 116 valence electrons. The lowest BCUT2D eigenvalue weighted by atomic mass is 10.0. The molecule has 4 rings (SSSR count). The number of para-hydroxylation sites is 1. The molecule has 22 heavy (non-hydrogen) atoms. The van der Waals surface area contributed by atoms with Crippen LogP contribution in [0, 0.1) is 0 Å². The summed E-state index contributed by atoms with van der Waals surface area (Å²) in [5.41, 5.74) is 9.94. The molecule has 1 atom stereocenters. The average molecular weight is 332 g/mol. The van der Waals surface area contributed by atoms with Crippen molar-refractivity contribution in [3.8, 4) is 10.6 Å². The second-order valence-electron chi connectivity index (χ2n) is 5.10. The van der Waals surface area contributed by atoms with E-state index in [2.05, 4.69) is 30.4 Å². The van der Waals surface area contributed by atoms with E-state index >= 15 is 0 Å². The number of thiazole rings is 1. The van der Waals surface area contributed by atoms with Crippen LogP contribution in [0.2, 0.25) is 0 Å². The van der Waals surface area contributed by atoms with E-state index in [9.17, 15) is 0 Å². The quantitative estimate of drug-likeness (QED) is 0.671. The number of nitrogens with one attached hydrogen (secondary N) is 1. The molecule has 2 aromatic heterocycles. The van der Waals surface area contributed by atoms with E-state index in [4.69, 9.17) is 10.7 Å². The maximum absolute atomic E-state index is 6.29. The highest BCUT2D eigenvalue weighted by Crippen LogP contribution is 2.45. The number of rotatable bonds is 1. The first kappa shape index (κ1) is 15.5. The van der Waals surface area contributed by atoms with Gasteiger partial charge in [-0.05, 0) is 37.6 Å². The van der Waals surface area contributed by atoms with Gasteiger partial charge in [-0.3, -0.25) is 0 Å². The topological polar surface area (TPSA) is 50.9 Å². The number of nitrogens with two attached hydrogens (primary N) is 1. The number of nitrogens with zero attached hydrogens (tertiary/aromatic N) is 1. The molecule has 3 heterocycles. The summed E-state index contributed by atoms with van der Waals surface area (Å²) in [5.74, 6) is 0. The number of hydrogen-bond acceptors (Lipinski definition) is 5. The first-order valence-electron chi connectivity index (χ1n) is 7.74. The molecule has 1 aliphatic heterocycles. The molecule has 1 aromatic carbocycles. The third-order valence-electron chi connectivity index (χ3n) is 3.79. The van der Waals surface area contributed by atoms with E-state index in [1.807, 2.05) is 19.9 Å². The highest BCUT2D eigenvalue weighted by molar-refractivity contribution is 7.22. The Morgan fingerprint density at radius 3 is 2.77 bits per heavy atom. The lowest BCUT2D eigenvalue weighted by Crippen LogP contribution is -2.26. The second-order valence-corrected chi connectivity index (χ2v) is 7.21. The molecule has 0 saturated heterocycles. The van der Waals surface area contributed by atoms with Gasteiger partial charge in [0.25, 0.3) is 0 Å². The van der Waals surface area contributed by atoms with E-state index in [0.717, 1.165) is 28.5 Å². The molecule has 1 unspecified atom stereocenters. The smallest absolute Gasteiger partial charge is 0.127 e. The number of benzene rings is 1. The van der Waals surface area contributed by atoms with Crippen LogP contribution in [0.15, 0.2) is 24.3 Å². The maximum Gasteiger partial charge on any atom is 0.127 e. The Morgan fingerprint density at radius 1 is 1.23 bits per heavy atom. The molecule has 0 fully saturated rings. The van der Waals surface area contributed by atoms with Gasteiger partial charge >= 0.3 is 0 Å². The van der Waals surface area contributed by atoms with E-state index in [1.165, 1.54) is 20.7 Å². The van der Waals surface area contributed by atoms with E-state index < -0.39 is 0 Å². The van der Waals surface area contributed by atoms with Crippen molar-refractivity contribution >= 4 is 37.9 Å². The minimum atomic E-state index is 0.397. The molecule has 0 spiro atoms. The van der Waals surface area contributed by atoms with Crippen LogP contribution < -0.4 is 11.1 Å². The Labute approximate surface area is 139 Å². The van der Waals surface area contributed by atoms with Crippen LogP contribution in [0.3, 0.4) is 0 Å². The van der Waals surface area contributed by atoms with Crippen molar-refractivity contribution < 1.29 is 0 Å². The van der Waals surface area contributed by atoms with Crippen molar-refractivity contribution in [1.29, 1.82) is 0 Å². The van der Waals surface area contributed by atoms with Gasteiger partial charge in [-0.1, -0.05) is 26.0 Å². The molecule has 0 amide bonds. The van der Waals surface area contributed by atoms with Crippen LogP contribution in [-0.2, 0) is 6.42 Å². The van der Waals surface area contributed by atoms with Gasteiger partial charge in [-0.25, -0.2) is 4.98 Å². The van der Waals surface area contributed by atoms with E-state index in [1.54, 1.807) is 22.7 Å². The van der Waals surface area contributed by atoms with Crippen molar-refractivity contribution in [2.75, 3.05) is 12.3 Å². The summed E-state index contributed by atoms with van der Waals surface area (Å²) in [6, 6.07) is 8.67. The largest absolute Gasteiger partial charge is 0.390 e. The highest BCUT2D eigenvalue weighted by atomic mass is 32.1. The van der Waals surface area contributed by atoms with Crippen molar-refractivity contribution in [3.05, 3.63) is 34.7 Å². The highest BCUT2D eigenvalue weighted by Gasteiger charge is 2.26. The molecule has 0 radical (unpaired) electrons. The first-order valence-corrected chi connectivity index (χ1v) is 9.37. The number of fused-ring (bicyclic) bond motifs is 2. The molecule has 1 aliphatic rings. The van der Waals surface area contributed by atoms with Gasteiger partial charge in [0.2, 0.25) is 0 Å². The first-order chi connectivity index (χ1) is 10.7. The summed E-state index contributed by atoms with van der Waals surface area (Å²) in [6.45, 7) is 7.22. The Kier molecular flexibility index (Phi) is 4.47. The number of thiophene rings is 1. The van der Waals surface area contributed by atoms with Gasteiger partial charge < -0.3 is 11.1 Å². The Bertz CT molecular complexity index is 755. The Morgan fingerprint density at radius 2 is 2.00 bits per heavy atom. The van der Waals surface area contributed by atoms with E-state index in [0.29, 0.717) is 6.04 Å². The normalized spacial score (nSPS) is 17.0. The van der Waals surface area contributed by atoms with Crippen molar-refractivity contribution in [2.45, 2.75) is 33.2 Å². The summed E-state index contributed by atoms with van der Waals surface area (Å²) >= 11 is 3.45. The minimum Gasteiger partial charge on any atom is -0.390 e. The molecular weight excluding hydrogens is 310 g/mol. The zero-order valence-electron chi connectivity index (χ0n) is 13.1. The lowest BCUT2D eigenvalue weighted by Gasteiger charge is -2.20. The summed E-state index contributed by atoms with van der Waals surface area (Å²) in [7, 11) is 0. The maximum atomic E-state index is 6.29. The molecule has 3 N–H and O–H groups in total. The number of anilines is 1. The lowest BCUT2D eigenvalue weighted by molar-refractivity contribution is 0.552. The van der Waals surface area contributed by atoms with Gasteiger partial charge in [-0.15, -0.1) is 22.7 Å². The fraction of sp³-hybridized carbons (Fsp3) is 0.353. The van der Waals surface area contributed by atoms with Crippen molar-refractivity contribution in [1.82, 2.24) is 10.3 Å². The number of hydrogen-bond donors (Lipinski definition) is 2. The van der Waals surface area contributed by atoms with Crippen LogP contribution in [0.5, 0.6) is 0 Å². The zero-order chi connectivity index (χ0) is 15.7. The molecule has 0 saturated carbocycles. The molecule has 3 aromatic rings. The average Bonchev–Trinajstić information content (AvgIpc) is 3.10. The van der Waals surface area contributed by atoms with Crippen molar-refractivity contribution in [2.24, 2.45) is 0 Å². The summed E-state index contributed by atoms with van der Waals surface area (Å²) in [5, 5.41) is 5.47. The third kappa shape index (κ3) is 2.53. The molecule has 5 heteroatoms. The fourth-order valence-corrected chi connectivity index (χ4v) is 5.08. The van der Waals surface area contributed by atoms with Gasteiger partial charge in [0, 0.05) is 16.5 Å².